The predicted octanol–water partition coefficient (Wildman–Crippen LogP) is 3.77. The van der Waals surface area contributed by atoms with Crippen LogP contribution in [0, 0.1) is 0 Å². The Bertz CT molecular complexity index is 1000. The molecule has 5 nitrogen and oxygen atoms in total. The number of benzene rings is 2. The summed E-state index contributed by atoms with van der Waals surface area (Å²) in [6.07, 6.45) is 3.74. The lowest BCUT2D eigenvalue weighted by molar-refractivity contribution is -0.122. The standard InChI is InChI=1S/C23H25N3O2S/c1-17(8-9-18-6-4-3-5-7-18)24-22(27)16-26-23(28)15-14-21(25-26)19-10-12-20(29-2)13-11-19/h3-7,10-15,17H,8-9,16H2,1-2H3,(H,24,27)/t17-/m0/s1. The van der Waals surface area contributed by atoms with E-state index < -0.39 is 0 Å². The Morgan fingerprint density at radius 2 is 1.79 bits per heavy atom. The topological polar surface area (TPSA) is 64.0 Å². The second kappa shape index (κ2) is 10.1. The molecule has 150 valence electrons. The van der Waals surface area contributed by atoms with Crippen LogP contribution in [0.1, 0.15) is 18.9 Å². The molecule has 1 amide bonds. The number of hydrogen-bond donors (Lipinski definition) is 1. The van der Waals surface area contributed by atoms with Crippen LogP contribution >= 0.6 is 11.8 Å². The first-order chi connectivity index (χ1) is 14.0. The number of amides is 1. The maximum atomic E-state index is 12.4. The molecule has 0 unspecified atom stereocenters. The van der Waals surface area contributed by atoms with Crippen molar-refractivity contribution in [2.45, 2.75) is 37.2 Å². The SMILES string of the molecule is CSc1ccc(-c2ccc(=O)n(CC(=O)N[C@@H](C)CCc3ccccc3)n2)cc1. The van der Waals surface area contributed by atoms with Gasteiger partial charge in [-0.2, -0.15) is 5.10 Å². The van der Waals surface area contributed by atoms with Crippen molar-refractivity contribution in [1.82, 2.24) is 15.1 Å². The van der Waals surface area contributed by atoms with E-state index >= 15 is 0 Å². The second-order valence-corrected chi connectivity index (χ2v) is 7.82. The van der Waals surface area contributed by atoms with Crippen LogP contribution in [0.3, 0.4) is 0 Å². The van der Waals surface area contributed by atoms with Crippen molar-refractivity contribution in [3.63, 3.8) is 0 Å². The first-order valence-electron chi connectivity index (χ1n) is 9.61. The summed E-state index contributed by atoms with van der Waals surface area (Å²) >= 11 is 1.67. The number of aromatic nitrogens is 2. The van der Waals surface area contributed by atoms with Gasteiger partial charge in [0, 0.05) is 22.6 Å². The molecule has 0 aliphatic rings. The van der Waals surface area contributed by atoms with E-state index in [1.165, 1.54) is 16.3 Å². The van der Waals surface area contributed by atoms with Crippen molar-refractivity contribution in [3.8, 4) is 11.3 Å². The summed E-state index contributed by atoms with van der Waals surface area (Å²) < 4.78 is 1.22. The Morgan fingerprint density at radius 3 is 2.48 bits per heavy atom. The Morgan fingerprint density at radius 1 is 1.07 bits per heavy atom. The quantitative estimate of drug-likeness (QED) is 0.578. The third kappa shape index (κ3) is 6.06. The van der Waals surface area contributed by atoms with Gasteiger partial charge in [0.2, 0.25) is 5.91 Å². The summed E-state index contributed by atoms with van der Waals surface area (Å²) in [5, 5.41) is 7.33. The van der Waals surface area contributed by atoms with E-state index in [0.29, 0.717) is 5.69 Å². The first kappa shape index (κ1) is 20.9. The van der Waals surface area contributed by atoms with Crippen molar-refractivity contribution in [3.05, 3.63) is 82.6 Å². The zero-order chi connectivity index (χ0) is 20.6. The number of carbonyl (C=O) groups is 1. The summed E-state index contributed by atoms with van der Waals surface area (Å²) in [6, 6.07) is 21.3. The van der Waals surface area contributed by atoms with Gasteiger partial charge in [-0.15, -0.1) is 11.8 Å². The number of carbonyl (C=O) groups excluding carboxylic acids is 1. The normalized spacial score (nSPS) is 11.8. The second-order valence-electron chi connectivity index (χ2n) is 6.94. The van der Waals surface area contributed by atoms with Gasteiger partial charge in [0.25, 0.3) is 5.56 Å². The molecule has 0 saturated carbocycles. The highest BCUT2D eigenvalue weighted by Crippen LogP contribution is 2.20. The van der Waals surface area contributed by atoms with Crippen molar-refractivity contribution in [2.75, 3.05) is 6.26 Å². The predicted molar refractivity (Wildman–Crippen MR) is 118 cm³/mol. The van der Waals surface area contributed by atoms with E-state index in [9.17, 15) is 9.59 Å². The lowest BCUT2D eigenvalue weighted by atomic mass is 10.1. The van der Waals surface area contributed by atoms with Gasteiger partial charge in [-0.1, -0.05) is 42.5 Å². The molecule has 3 rings (SSSR count). The maximum Gasteiger partial charge on any atom is 0.267 e. The van der Waals surface area contributed by atoms with Crippen molar-refractivity contribution < 1.29 is 4.79 Å². The van der Waals surface area contributed by atoms with Crippen LogP contribution in [0.5, 0.6) is 0 Å². The minimum atomic E-state index is -0.290. The van der Waals surface area contributed by atoms with Gasteiger partial charge >= 0.3 is 0 Å². The van der Waals surface area contributed by atoms with Gasteiger partial charge < -0.3 is 5.32 Å². The largest absolute Gasteiger partial charge is 0.352 e. The number of hydrogen-bond acceptors (Lipinski definition) is 4. The fraction of sp³-hybridized carbons (Fsp3) is 0.261. The maximum absolute atomic E-state index is 12.4. The van der Waals surface area contributed by atoms with Crippen LogP contribution in [-0.4, -0.2) is 28.0 Å². The molecule has 0 aliphatic heterocycles. The smallest absolute Gasteiger partial charge is 0.267 e. The lowest BCUT2D eigenvalue weighted by Crippen LogP contribution is -2.38. The van der Waals surface area contributed by atoms with E-state index in [1.807, 2.05) is 55.6 Å². The average molecular weight is 408 g/mol. The minimum Gasteiger partial charge on any atom is -0.352 e. The van der Waals surface area contributed by atoms with E-state index in [4.69, 9.17) is 0 Å². The molecular weight excluding hydrogens is 382 g/mol. The minimum absolute atomic E-state index is 0.0145. The summed E-state index contributed by atoms with van der Waals surface area (Å²) in [5.74, 6) is -0.213. The van der Waals surface area contributed by atoms with Gasteiger partial charge in [0.05, 0.1) is 5.69 Å². The van der Waals surface area contributed by atoms with Gasteiger partial charge in [-0.05, 0) is 49.8 Å². The van der Waals surface area contributed by atoms with Crippen molar-refractivity contribution in [1.29, 1.82) is 0 Å². The average Bonchev–Trinajstić information content (AvgIpc) is 2.74. The van der Waals surface area contributed by atoms with Gasteiger partial charge in [0.1, 0.15) is 6.54 Å². The molecule has 1 N–H and O–H groups in total. The van der Waals surface area contributed by atoms with Crippen LogP contribution in [0.25, 0.3) is 11.3 Å². The highest BCUT2D eigenvalue weighted by atomic mass is 32.2. The molecule has 0 saturated heterocycles. The number of nitrogens with one attached hydrogen (secondary N) is 1. The van der Waals surface area contributed by atoms with E-state index in [0.717, 1.165) is 23.3 Å². The molecule has 3 aromatic rings. The van der Waals surface area contributed by atoms with E-state index in [2.05, 4.69) is 22.5 Å². The molecule has 0 aliphatic carbocycles. The van der Waals surface area contributed by atoms with Gasteiger partial charge in [0.15, 0.2) is 0 Å². The molecule has 1 aromatic heterocycles. The first-order valence-corrected chi connectivity index (χ1v) is 10.8. The van der Waals surface area contributed by atoms with Gasteiger partial charge in [-0.25, -0.2) is 4.68 Å². The van der Waals surface area contributed by atoms with Crippen LogP contribution < -0.4 is 10.9 Å². The zero-order valence-corrected chi connectivity index (χ0v) is 17.5. The molecule has 0 bridgehead atoms. The van der Waals surface area contributed by atoms with E-state index in [1.54, 1.807) is 17.8 Å². The molecule has 6 heteroatoms. The monoisotopic (exact) mass is 407 g/mol. The summed E-state index contributed by atoms with van der Waals surface area (Å²) in [4.78, 5) is 25.7. The third-order valence-electron chi connectivity index (χ3n) is 4.66. The van der Waals surface area contributed by atoms with Gasteiger partial charge in [-0.3, -0.25) is 9.59 Å². The highest BCUT2D eigenvalue weighted by Gasteiger charge is 2.11. The Kier molecular flexibility index (Phi) is 7.25. The van der Waals surface area contributed by atoms with Crippen molar-refractivity contribution in [2.24, 2.45) is 0 Å². The lowest BCUT2D eigenvalue weighted by Gasteiger charge is -2.14. The summed E-state index contributed by atoms with van der Waals surface area (Å²) in [6.45, 7) is 1.88. The zero-order valence-electron chi connectivity index (χ0n) is 16.7. The molecule has 0 spiro atoms. The van der Waals surface area contributed by atoms with Crippen LogP contribution in [0.15, 0.2) is 76.4 Å². The fourth-order valence-electron chi connectivity index (χ4n) is 3.03. The fourth-order valence-corrected chi connectivity index (χ4v) is 3.44. The van der Waals surface area contributed by atoms with Crippen LogP contribution in [0.4, 0.5) is 0 Å². The number of nitrogens with zero attached hydrogens (tertiary/aromatic N) is 2. The molecule has 0 fully saturated rings. The molecule has 2 aromatic carbocycles. The van der Waals surface area contributed by atoms with Crippen molar-refractivity contribution >= 4 is 17.7 Å². The summed E-state index contributed by atoms with van der Waals surface area (Å²) in [7, 11) is 0. The molecule has 0 radical (unpaired) electrons. The Labute approximate surface area is 175 Å². The Hall–Kier alpha value is -2.86. The Balaban J connectivity index is 1.61. The molecule has 1 heterocycles. The van der Waals surface area contributed by atoms with E-state index in [-0.39, 0.29) is 24.1 Å². The third-order valence-corrected chi connectivity index (χ3v) is 5.41. The number of aryl methyl sites for hydroxylation is 1. The molecule has 29 heavy (non-hydrogen) atoms. The number of rotatable bonds is 8. The highest BCUT2D eigenvalue weighted by molar-refractivity contribution is 7.98. The number of thioether (sulfide) groups is 1. The summed E-state index contributed by atoms with van der Waals surface area (Å²) in [5.41, 5.74) is 2.53. The van der Waals surface area contributed by atoms with Crippen LogP contribution in [0.2, 0.25) is 0 Å². The van der Waals surface area contributed by atoms with Crippen LogP contribution in [-0.2, 0) is 17.8 Å². The molecule has 1 atom stereocenters. The molecular formula is C23H25N3O2S.